The van der Waals surface area contributed by atoms with Crippen molar-refractivity contribution in [2.75, 3.05) is 5.73 Å². The molecular weight excluding hydrogens is 268 g/mol. The molecule has 0 fully saturated rings. The molecule has 2 rings (SSSR count). The fourth-order valence-corrected chi connectivity index (χ4v) is 1.95. The van der Waals surface area contributed by atoms with Crippen LogP contribution >= 0.6 is 34.8 Å². The monoisotopic (exact) mass is 273 g/mol. The van der Waals surface area contributed by atoms with Crippen LogP contribution in [0.15, 0.2) is 24.5 Å². The maximum absolute atomic E-state index is 6.04. The minimum atomic E-state index is 0.220. The molecular formula is C10H6Cl3N3. The summed E-state index contributed by atoms with van der Waals surface area (Å²) in [6.45, 7) is 0. The van der Waals surface area contributed by atoms with Crippen molar-refractivity contribution in [2.24, 2.45) is 0 Å². The average Bonchev–Trinajstić information content (AvgIpc) is 2.23. The molecule has 16 heavy (non-hydrogen) atoms. The van der Waals surface area contributed by atoms with E-state index in [1.807, 2.05) is 0 Å². The van der Waals surface area contributed by atoms with Gasteiger partial charge in [-0.15, -0.1) is 0 Å². The Balaban J connectivity index is 2.63. The number of nitrogen functional groups attached to an aromatic ring is 1. The third-order valence-corrected chi connectivity index (χ3v) is 2.92. The lowest BCUT2D eigenvalue weighted by Gasteiger charge is -2.06. The van der Waals surface area contributed by atoms with Crippen LogP contribution in [-0.4, -0.2) is 9.97 Å². The van der Waals surface area contributed by atoms with Gasteiger partial charge in [0.15, 0.2) is 0 Å². The molecule has 0 saturated carbocycles. The number of rotatable bonds is 1. The predicted octanol–water partition coefficient (Wildman–Crippen LogP) is 3.69. The van der Waals surface area contributed by atoms with Gasteiger partial charge in [-0.2, -0.15) is 0 Å². The summed E-state index contributed by atoms with van der Waals surface area (Å²) in [5.74, 6) is 0.220. The summed E-state index contributed by atoms with van der Waals surface area (Å²) in [6.07, 6.45) is 1.33. The van der Waals surface area contributed by atoms with Gasteiger partial charge in [0.25, 0.3) is 0 Å². The summed E-state index contributed by atoms with van der Waals surface area (Å²) in [5.41, 5.74) is 6.75. The van der Waals surface area contributed by atoms with E-state index < -0.39 is 0 Å². The molecule has 2 aromatic rings. The molecule has 6 heteroatoms. The van der Waals surface area contributed by atoms with Crippen molar-refractivity contribution in [2.45, 2.75) is 0 Å². The minimum absolute atomic E-state index is 0.220. The molecule has 0 aliphatic heterocycles. The molecule has 3 nitrogen and oxygen atoms in total. The van der Waals surface area contributed by atoms with E-state index in [1.54, 1.807) is 18.2 Å². The molecule has 0 amide bonds. The second-order valence-corrected chi connectivity index (χ2v) is 4.27. The number of aromatic nitrogens is 2. The lowest BCUT2D eigenvalue weighted by atomic mass is 10.1. The van der Waals surface area contributed by atoms with Crippen molar-refractivity contribution >= 4 is 40.6 Å². The third-order valence-electron chi connectivity index (χ3n) is 2.00. The minimum Gasteiger partial charge on any atom is -0.382 e. The number of hydrogen-bond donors (Lipinski definition) is 1. The van der Waals surface area contributed by atoms with Gasteiger partial charge in [-0.1, -0.05) is 34.8 Å². The lowest BCUT2D eigenvalue weighted by Crippen LogP contribution is -1.95. The van der Waals surface area contributed by atoms with Crippen molar-refractivity contribution < 1.29 is 0 Å². The maximum atomic E-state index is 6.04. The third kappa shape index (κ3) is 2.07. The number of anilines is 1. The first kappa shape index (κ1) is 11.5. The molecule has 2 N–H and O–H groups in total. The summed E-state index contributed by atoms with van der Waals surface area (Å²) >= 11 is 17.8. The Morgan fingerprint density at radius 2 is 1.81 bits per heavy atom. The van der Waals surface area contributed by atoms with E-state index >= 15 is 0 Å². The zero-order valence-electron chi connectivity index (χ0n) is 7.92. The van der Waals surface area contributed by atoms with E-state index in [2.05, 4.69) is 9.97 Å². The second-order valence-electron chi connectivity index (χ2n) is 3.05. The smallest absolute Gasteiger partial charge is 0.146 e. The van der Waals surface area contributed by atoms with Crippen LogP contribution in [0.4, 0.5) is 5.82 Å². The lowest BCUT2D eigenvalue weighted by molar-refractivity contribution is 1.18. The summed E-state index contributed by atoms with van der Waals surface area (Å²) in [6, 6.07) is 5.06. The van der Waals surface area contributed by atoms with E-state index in [-0.39, 0.29) is 10.8 Å². The predicted molar refractivity (Wildman–Crippen MR) is 66.9 cm³/mol. The van der Waals surface area contributed by atoms with E-state index in [0.29, 0.717) is 21.3 Å². The molecule has 1 aromatic carbocycles. The summed E-state index contributed by atoms with van der Waals surface area (Å²) in [5, 5.41) is 1.30. The number of nitrogens with zero attached hydrogens (tertiary/aromatic N) is 2. The van der Waals surface area contributed by atoms with Crippen molar-refractivity contribution in [1.82, 2.24) is 9.97 Å². The van der Waals surface area contributed by atoms with Crippen LogP contribution in [0.5, 0.6) is 0 Å². The Morgan fingerprint density at radius 1 is 1.06 bits per heavy atom. The topological polar surface area (TPSA) is 51.8 Å². The molecule has 82 valence electrons. The number of benzene rings is 1. The zero-order valence-corrected chi connectivity index (χ0v) is 10.2. The molecule has 0 radical (unpaired) electrons. The van der Waals surface area contributed by atoms with Crippen LogP contribution in [-0.2, 0) is 0 Å². The van der Waals surface area contributed by atoms with E-state index in [1.165, 1.54) is 6.33 Å². The Morgan fingerprint density at radius 3 is 2.50 bits per heavy atom. The average molecular weight is 275 g/mol. The standard InChI is InChI=1S/C10H6Cl3N3/c11-5-1-2-6(7(12)3-5)9-8(13)10(14)16-4-15-9/h1-4H,(H2,14,15,16). The molecule has 0 aliphatic carbocycles. The molecule has 0 aliphatic rings. The van der Waals surface area contributed by atoms with Gasteiger partial charge in [-0.25, -0.2) is 9.97 Å². The molecule has 0 bridgehead atoms. The van der Waals surface area contributed by atoms with Gasteiger partial charge >= 0.3 is 0 Å². The highest BCUT2D eigenvalue weighted by atomic mass is 35.5. The van der Waals surface area contributed by atoms with Crippen LogP contribution < -0.4 is 5.73 Å². The Labute approximate surface area is 107 Å². The maximum Gasteiger partial charge on any atom is 0.146 e. The fraction of sp³-hybridized carbons (Fsp3) is 0. The van der Waals surface area contributed by atoms with Crippen molar-refractivity contribution in [3.05, 3.63) is 39.6 Å². The first-order valence-electron chi connectivity index (χ1n) is 4.31. The number of halogens is 3. The molecule has 0 atom stereocenters. The Kier molecular flexibility index (Phi) is 3.19. The summed E-state index contributed by atoms with van der Waals surface area (Å²) < 4.78 is 0. The number of nitrogens with two attached hydrogens (primary N) is 1. The summed E-state index contributed by atoms with van der Waals surface area (Å²) in [4.78, 5) is 7.83. The van der Waals surface area contributed by atoms with Gasteiger partial charge in [0, 0.05) is 10.6 Å². The molecule has 1 aromatic heterocycles. The van der Waals surface area contributed by atoms with Gasteiger partial charge in [0.1, 0.15) is 17.2 Å². The van der Waals surface area contributed by atoms with Crippen LogP contribution in [0.3, 0.4) is 0 Å². The van der Waals surface area contributed by atoms with Crippen LogP contribution in [0, 0.1) is 0 Å². The van der Waals surface area contributed by atoms with Gasteiger partial charge in [-0.05, 0) is 18.2 Å². The molecule has 0 unspecified atom stereocenters. The van der Waals surface area contributed by atoms with Crippen molar-refractivity contribution in [3.63, 3.8) is 0 Å². The van der Waals surface area contributed by atoms with E-state index in [4.69, 9.17) is 40.5 Å². The van der Waals surface area contributed by atoms with Gasteiger partial charge in [0.2, 0.25) is 0 Å². The van der Waals surface area contributed by atoms with Gasteiger partial charge < -0.3 is 5.73 Å². The Hall–Kier alpha value is -1.03. The second kappa shape index (κ2) is 4.45. The SMILES string of the molecule is Nc1ncnc(-c2ccc(Cl)cc2Cl)c1Cl. The highest BCUT2D eigenvalue weighted by Gasteiger charge is 2.12. The fourth-order valence-electron chi connectivity index (χ4n) is 1.25. The molecule has 0 saturated heterocycles. The summed E-state index contributed by atoms with van der Waals surface area (Å²) in [7, 11) is 0. The van der Waals surface area contributed by atoms with Gasteiger partial charge in [0.05, 0.1) is 10.7 Å². The number of hydrogen-bond acceptors (Lipinski definition) is 3. The molecule has 0 spiro atoms. The highest BCUT2D eigenvalue weighted by Crippen LogP contribution is 2.34. The zero-order chi connectivity index (χ0) is 11.7. The molecule has 1 heterocycles. The highest BCUT2D eigenvalue weighted by molar-refractivity contribution is 6.38. The van der Waals surface area contributed by atoms with Crippen molar-refractivity contribution in [1.29, 1.82) is 0 Å². The van der Waals surface area contributed by atoms with Crippen LogP contribution in [0.25, 0.3) is 11.3 Å². The first-order chi connectivity index (χ1) is 7.59. The largest absolute Gasteiger partial charge is 0.382 e. The Bertz CT molecular complexity index is 543. The van der Waals surface area contributed by atoms with Crippen LogP contribution in [0.1, 0.15) is 0 Å². The quantitative estimate of drug-likeness (QED) is 0.863. The normalized spacial score (nSPS) is 10.4. The van der Waals surface area contributed by atoms with Gasteiger partial charge in [-0.3, -0.25) is 0 Å². The van der Waals surface area contributed by atoms with E-state index in [0.717, 1.165) is 0 Å². The van der Waals surface area contributed by atoms with Crippen LogP contribution in [0.2, 0.25) is 15.1 Å². The van der Waals surface area contributed by atoms with Crippen molar-refractivity contribution in [3.8, 4) is 11.3 Å². The van der Waals surface area contributed by atoms with E-state index in [9.17, 15) is 0 Å². The first-order valence-corrected chi connectivity index (χ1v) is 5.44.